The van der Waals surface area contributed by atoms with E-state index < -0.39 is 18.2 Å². The van der Waals surface area contributed by atoms with Gasteiger partial charge in [0, 0.05) is 6.42 Å². The van der Waals surface area contributed by atoms with Crippen LogP contribution in [0.15, 0.2) is 97.2 Å². The van der Waals surface area contributed by atoms with E-state index in [2.05, 4.69) is 123 Å². The lowest BCUT2D eigenvalue weighted by Gasteiger charge is -2.24. The number of aliphatic hydroxyl groups excluding tert-OH is 2. The minimum atomic E-state index is -0.808. The molecule has 3 unspecified atom stereocenters. The minimum absolute atomic E-state index is 0.0344. The Morgan fingerprint density at radius 2 is 0.885 bits per heavy atom. The summed E-state index contributed by atoms with van der Waals surface area (Å²) in [6.45, 7) is 6.22. The molecule has 3 N–H and O–H groups in total. The van der Waals surface area contributed by atoms with Crippen molar-refractivity contribution in [2.75, 3.05) is 6.61 Å². The second kappa shape index (κ2) is 47.8. The maximum absolute atomic E-state index is 13.2. The lowest BCUT2D eigenvalue weighted by Crippen LogP contribution is -2.46. The van der Waals surface area contributed by atoms with Gasteiger partial charge in [-0.3, -0.25) is 9.59 Å². The average Bonchev–Trinajstić information content (AvgIpc) is 3.25. The quantitative estimate of drug-likeness (QED) is 0.0323. The van der Waals surface area contributed by atoms with Gasteiger partial charge in [0.15, 0.2) is 0 Å². The van der Waals surface area contributed by atoms with Crippen molar-refractivity contribution in [1.29, 1.82) is 0 Å². The number of amides is 1. The molecule has 0 aromatic rings. The molecule has 61 heavy (non-hydrogen) atoms. The first-order valence-electron chi connectivity index (χ1n) is 25.0. The molecule has 0 fully saturated rings. The number of unbranched alkanes of at least 4 members (excludes halogenated alkanes) is 15. The molecule has 0 spiro atoms. The van der Waals surface area contributed by atoms with E-state index in [1.54, 1.807) is 0 Å². The highest BCUT2D eigenvalue weighted by molar-refractivity contribution is 5.77. The van der Waals surface area contributed by atoms with E-state index in [-0.39, 0.29) is 24.9 Å². The predicted molar refractivity (Wildman–Crippen MR) is 264 cm³/mol. The van der Waals surface area contributed by atoms with Gasteiger partial charge in [-0.1, -0.05) is 201 Å². The number of esters is 1. The van der Waals surface area contributed by atoms with E-state index in [4.69, 9.17) is 4.74 Å². The van der Waals surface area contributed by atoms with Crippen molar-refractivity contribution in [1.82, 2.24) is 5.32 Å². The van der Waals surface area contributed by atoms with Crippen LogP contribution in [0.5, 0.6) is 0 Å². The van der Waals surface area contributed by atoms with Gasteiger partial charge in [-0.15, -0.1) is 0 Å². The molecule has 0 saturated carbocycles. The first-order chi connectivity index (χ1) is 30.0. The number of carbonyl (C=O) groups excluding carboxylic acids is 2. The van der Waals surface area contributed by atoms with E-state index in [0.29, 0.717) is 25.7 Å². The van der Waals surface area contributed by atoms with Crippen LogP contribution in [0.25, 0.3) is 0 Å². The first kappa shape index (κ1) is 57.8. The van der Waals surface area contributed by atoms with Crippen molar-refractivity contribution in [3.63, 3.8) is 0 Å². The first-order valence-corrected chi connectivity index (χ1v) is 25.0. The lowest BCUT2D eigenvalue weighted by molar-refractivity contribution is -0.151. The Morgan fingerprint density at radius 1 is 0.492 bits per heavy atom. The monoisotopic (exact) mass is 848 g/mol. The van der Waals surface area contributed by atoms with Gasteiger partial charge in [0.05, 0.1) is 25.2 Å². The number of rotatable bonds is 43. The Morgan fingerprint density at radius 3 is 1.34 bits per heavy atom. The van der Waals surface area contributed by atoms with E-state index in [0.717, 1.165) is 109 Å². The van der Waals surface area contributed by atoms with Gasteiger partial charge >= 0.3 is 5.97 Å². The number of allylic oxidation sites excluding steroid dienone is 16. The highest BCUT2D eigenvalue weighted by Gasteiger charge is 2.24. The fourth-order valence-corrected chi connectivity index (χ4v) is 6.95. The maximum atomic E-state index is 13.2. The zero-order valence-electron chi connectivity index (χ0n) is 39.5. The largest absolute Gasteiger partial charge is 0.462 e. The summed E-state index contributed by atoms with van der Waals surface area (Å²) in [5.41, 5.74) is 0. The predicted octanol–water partition coefficient (Wildman–Crippen LogP) is 14.9. The zero-order chi connectivity index (χ0) is 44.5. The summed E-state index contributed by atoms with van der Waals surface area (Å²) < 4.78 is 5.89. The molecule has 0 heterocycles. The molecule has 0 aromatic heterocycles. The summed E-state index contributed by atoms with van der Waals surface area (Å²) in [4.78, 5) is 26.1. The van der Waals surface area contributed by atoms with Crippen molar-refractivity contribution < 1.29 is 24.5 Å². The fraction of sp³-hybridized carbons (Fsp3) is 0.673. The lowest BCUT2D eigenvalue weighted by atomic mass is 10.0. The third-order valence-electron chi connectivity index (χ3n) is 10.7. The van der Waals surface area contributed by atoms with Crippen LogP contribution >= 0.6 is 0 Å². The number of carbonyl (C=O) groups is 2. The van der Waals surface area contributed by atoms with Crippen LogP contribution < -0.4 is 5.32 Å². The van der Waals surface area contributed by atoms with E-state index in [9.17, 15) is 19.8 Å². The molecule has 0 aliphatic carbocycles. The van der Waals surface area contributed by atoms with Gasteiger partial charge in [0.2, 0.25) is 5.91 Å². The van der Waals surface area contributed by atoms with Gasteiger partial charge in [-0.2, -0.15) is 0 Å². The molecule has 348 valence electrons. The van der Waals surface area contributed by atoms with Crippen LogP contribution in [-0.2, 0) is 14.3 Å². The van der Waals surface area contributed by atoms with Crippen LogP contribution in [0.2, 0.25) is 0 Å². The molecule has 0 rings (SSSR count). The molecular weight excluding hydrogens is 755 g/mol. The topological polar surface area (TPSA) is 95.9 Å². The average molecular weight is 848 g/mol. The standard InChI is InChI=1S/C55H93NO5/c1-4-7-10-13-16-19-22-24-26-27-28-30-33-36-39-42-45-48-55(60)61-51(46-43-40-37-34-32-29-25-23-20-17-14-11-8-5-2)49-54(59)56-52(50-57)53(58)47-44-41-38-35-31-21-18-15-12-9-6-3/h7-8,10-11,16-17,19-20,24-26,28-30,36,39,51-53,57-58H,4-6,9,12-15,18,21-23,27,31-35,37-38,40-50H2,1-3H3,(H,56,59)/b10-7-,11-8+,19-16-,20-17+,26-24-,29-25+,30-28-,39-36-. The normalized spacial score (nSPS) is 14.1. The number of hydrogen-bond acceptors (Lipinski definition) is 5. The number of ether oxygens (including phenoxy) is 1. The Labute approximate surface area is 376 Å². The van der Waals surface area contributed by atoms with Crippen LogP contribution in [0.1, 0.15) is 213 Å². The molecule has 6 nitrogen and oxygen atoms in total. The van der Waals surface area contributed by atoms with Gasteiger partial charge in [-0.25, -0.2) is 0 Å². The summed E-state index contributed by atoms with van der Waals surface area (Å²) in [6, 6.07) is -0.725. The van der Waals surface area contributed by atoms with Crippen molar-refractivity contribution in [2.24, 2.45) is 0 Å². The SMILES string of the molecule is CC/C=C\C/C=C\C/C=C\C/C=C\C/C=C\CCCC(=O)OC(CCCCCC/C=C/C/C=C/C/C=C/CC)CC(=O)NC(CO)C(O)CCCCCCCCCCCCC. The van der Waals surface area contributed by atoms with Crippen LogP contribution in [-0.4, -0.2) is 46.9 Å². The summed E-state index contributed by atoms with van der Waals surface area (Å²) >= 11 is 0. The minimum Gasteiger partial charge on any atom is -0.462 e. The molecule has 1 amide bonds. The van der Waals surface area contributed by atoms with E-state index in [1.165, 1.54) is 51.4 Å². The molecule has 0 radical (unpaired) electrons. The molecular formula is C55H93NO5. The molecule has 0 aromatic carbocycles. The number of nitrogens with one attached hydrogen (secondary N) is 1. The second-order valence-electron chi connectivity index (χ2n) is 16.4. The summed E-state index contributed by atoms with van der Waals surface area (Å²) in [6.07, 6.45) is 63.2. The highest BCUT2D eigenvalue weighted by atomic mass is 16.5. The van der Waals surface area contributed by atoms with Crippen LogP contribution in [0, 0.1) is 0 Å². The molecule has 6 heteroatoms. The van der Waals surface area contributed by atoms with Crippen LogP contribution in [0.4, 0.5) is 0 Å². The number of aliphatic hydroxyl groups is 2. The smallest absolute Gasteiger partial charge is 0.306 e. The van der Waals surface area contributed by atoms with Gasteiger partial charge in [0.25, 0.3) is 0 Å². The summed E-state index contributed by atoms with van der Waals surface area (Å²) in [5.74, 6) is -0.574. The van der Waals surface area contributed by atoms with Crippen LogP contribution in [0.3, 0.4) is 0 Å². The maximum Gasteiger partial charge on any atom is 0.306 e. The Bertz CT molecular complexity index is 1220. The second-order valence-corrected chi connectivity index (χ2v) is 16.4. The molecule has 0 aliphatic heterocycles. The highest BCUT2D eigenvalue weighted by Crippen LogP contribution is 2.17. The number of hydrogen-bond donors (Lipinski definition) is 3. The molecule has 3 atom stereocenters. The Balaban J connectivity index is 4.74. The van der Waals surface area contributed by atoms with Gasteiger partial charge in [0.1, 0.15) is 6.10 Å². The zero-order valence-corrected chi connectivity index (χ0v) is 39.5. The summed E-state index contributed by atoms with van der Waals surface area (Å²) in [7, 11) is 0. The Hall–Kier alpha value is -3.22. The molecule has 0 saturated heterocycles. The van der Waals surface area contributed by atoms with Gasteiger partial charge in [-0.05, 0) is 96.3 Å². The Kier molecular flexibility index (Phi) is 45.3. The van der Waals surface area contributed by atoms with E-state index in [1.807, 2.05) is 0 Å². The molecule has 0 bridgehead atoms. The van der Waals surface area contributed by atoms with Crippen molar-refractivity contribution >= 4 is 11.9 Å². The van der Waals surface area contributed by atoms with Gasteiger partial charge < -0.3 is 20.3 Å². The summed E-state index contributed by atoms with van der Waals surface area (Å²) in [5, 5.41) is 23.7. The van der Waals surface area contributed by atoms with Crippen molar-refractivity contribution in [2.45, 2.75) is 232 Å². The van der Waals surface area contributed by atoms with Crippen molar-refractivity contribution in [3.05, 3.63) is 97.2 Å². The fourth-order valence-electron chi connectivity index (χ4n) is 6.95. The third-order valence-corrected chi connectivity index (χ3v) is 10.7. The van der Waals surface area contributed by atoms with Crippen molar-refractivity contribution in [3.8, 4) is 0 Å². The third kappa shape index (κ3) is 43.2. The van der Waals surface area contributed by atoms with E-state index >= 15 is 0 Å². The molecule has 0 aliphatic rings.